The third-order valence-corrected chi connectivity index (χ3v) is 4.76. The van der Waals surface area contributed by atoms with Crippen molar-refractivity contribution in [3.63, 3.8) is 0 Å². The average Bonchev–Trinajstić information content (AvgIpc) is 3.11. The van der Waals surface area contributed by atoms with Gasteiger partial charge in [0.1, 0.15) is 0 Å². The number of anilines is 1. The van der Waals surface area contributed by atoms with E-state index in [9.17, 15) is 4.79 Å². The molecule has 3 rings (SSSR count). The van der Waals surface area contributed by atoms with Crippen molar-refractivity contribution >= 4 is 23.1 Å². The molecular weight excluding hydrogens is 314 g/mol. The third kappa shape index (κ3) is 3.10. The summed E-state index contributed by atoms with van der Waals surface area (Å²) in [6.45, 7) is 6.19. The minimum atomic E-state index is -0.193. The van der Waals surface area contributed by atoms with E-state index >= 15 is 0 Å². The van der Waals surface area contributed by atoms with Crippen molar-refractivity contribution in [3.8, 4) is 11.5 Å². The zero-order valence-corrected chi connectivity index (χ0v) is 14.4. The number of urea groups is 1. The van der Waals surface area contributed by atoms with Crippen LogP contribution in [0.15, 0.2) is 18.2 Å². The largest absolute Gasteiger partial charge is 0.454 e. The molecule has 6 nitrogen and oxygen atoms in total. The highest BCUT2D eigenvalue weighted by atomic mass is 32.1. The molecule has 23 heavy (non-hydrogen) atoms. The van der Waals surface area contributed by atoms with Crippen LogP contribution < -0.4 is 14.8 Å². The smallest absolute Gasteiger partial charge is 0.322 e. The van der Waals surface area contributed by atoms with E-state index in [0.29, 0.717) is 17.2 Å². The molecule has 0 unspecified atom stereocenters. The number of rotatable bonds is 3. The molecule has 1 aromatic carbocycles. The summed E-state index contributed by atoms with van der Waals surface area (Å²) in [5.74, 6) is 1.34. The monoisotopic (exact) mass is 333 g/mol. The number of benzene rings is 1. The Morgan fingerprint density at radius 2 is 2.09 bits per heavy atom. The number of hydrogen-bond acceptors (Lipinski definition) is 5. The van der Waals surface area contributed by atoms with Crippen LogP contribution in [0.5, 0.6) is 11.5 Å². The van der Waals surface area contributed by atoms with Gasteiger partial charge < -0.3 is 19.7 Å². The van der Waals surface area contributed by atoms with Gasteiger partial charge in [-0.25, -0.2) is 9.78 Å². The van der Waals surface area contributed by atoms with Gasteiger partial charge in [0, 0.05) is 23.7 Å². The van der Waals surface area contributed by atoms with Crippen molar-refractivity contribution in [1.82, 2.24) is 9.88 Å². The van der Waals surface area contributed by atoms with Crippen LogP contribution in [0.2, 0.25) is 0 Å². The second kappa shape index (κ2) is 6.08. The first kappa shape index (κ1) is 15.6. The van der Waals surface area contributed by atoms with Gasteiger partial charge in [-0.2, -0.15) is 0 Å². The molecule has 0 radical (unpaired) electrons. The molecule has 2 heterocycles. The van der Waals surface area contributed by atoms with E-state index in [0.717, 1.165) is 15.6 Å². The van der Waals surface area contributed by atoms with Gasteiger partial charge in [-0.3, -0.25) is 0 Å². The average molecular weight is 333 g/mol. The molecule has 1 aliphatic heterocycles. The summed E-state index contributed by atoms with van der Waals surface area (Å²) in [4.78, 5) is 19.8. The Labute approximate surface area is 139 Å². The van der Waals surface area contributed by atoms with Crippen molar-refractivity contribution in [3.05, 3.63) is 33.8 Å². The number of aryl methyl sites for hydroxylation is 2. The van der Waals surface area contributed by atoms with Crippen LogP contribution in [-0.2, 0) is 0 Å². The fourth-order valence-corrected chi connectivity index (χ4v) is 3.39. The lowest BCUT2D eigenvalue weighted by molar-refractivity contribution is 0.174. The molecule has 122 valence electrons. The van der Waals surface area contributed by atoms with E-state index in [1.165, 1.54) is 0 Å². The summed E-state index contributed by atoms with van der Waals surface area (Å²) in [7, 11) is 1.76. The number of aromatic nitrogens is 1. The first-order valence-electron chi connectivity index (χ1n) is 7.33. The molecule has 2 amide bonds. The fourth-order valence-electron chi connectivity index (χ4n) is 2.48. The van der Waals surface area contributed by atoms with Crippen molar-refractivity contribution < 1.29 is 14.3 Å². The van der Waals surface area contributed by atoms with Crippen molar-refractivity contribution in [2.24, 2.45) is 0 Å². The van der Waals surface area contributed by atoms with Crippen LogP contribution in [0.1, 0.15) is 28.5 Å². The van der Waals surface area contributed by atoms with Gasteiger partial charge in [0.25, 0.3) is 0 Å². The SMILES string of the molecule is Cc1nc([C@@H](C)N(C)C(=O)Nc2ccc3c(c2)OCO3)c(C)s1. The molecule has 1 aliphatic rings. The first-order valence-corrected chi connectivity index (χ1v) is 8.14. The number of carbonyl (C=O) groups is 1. The molecule has 1 aromatic heterocycles. The number of hydrogen-bond donors (Lipinski definition) is 1. The standard InChI is InChI=1S/C16H19N3O3S/c1-9(15-10(2)23-11(3)17-15)19(4)16(20)18-12-5-6-13-14(7-12)22-8-21-13/h5-7,9H,8H2,1-4H3,(H,18,20)/t9-/m1/s1. The van der Waals surface area contributed by atoms with Crippen molar-refractivity contribution in [2.75, 3.05) is 19.2 Å². The van der Waals surface area contributed by atoms with Gasteiger partial charge in [0.15, 0.2) is 11.5 Å². The molecule has 0 saturated heterocycles. The Morgan fingerprint density at radius 1 is 1.35 bits per heavy atom. The minimum absolute atomic E-state index is 0.103. The van der Waals surface area contributed by atoms with Crippen LogP contribution in [0.25, 0.3) is 0 Å². The third-order valence-electron chi connectivity index (χ3n) is 3.86. The summed E-state index contributed by atoms with van der Waals surface area (Å²) in [5, 5.41) is 3.88. The molecule has 0 spiro atoms. The zero-order valence-electron chi connectivity index (χ0n) is 13.5. The number of fused-ring (bicyclic) bond motifs is 1. The van der Waals surface area contributed by atoms with Gasteiger partial charge in [-0.05, 0) is 32.9 Å². The first-order chi connectivity index (χ1) is 11.0. The van der Waals surface area contributed by atoms with E-state index in [1.54, 1.807) is 41.5 Å². The Hall–Kier alpha value is -2.28. The van der Waals surface area contributed by atoms with E-state index < -0.39 is 0 Å². The Bertz CT molecular complexity index is 744. The Morgan fingerprint density at radius 3 is 2.78 bits per heavy atom. The molecular formula is C16H19N3O3S. The van der Waals surface area contributed by atoms with Crippen LogP contribution >= 0.6 is 11.3 Å². The number of amides is 2. The van der Waals surface area contributed by atoms with Crippen LogP contribution in [-0.4, -0.2) is 29.8 Å². The highest BCUT2D eigenvalue weighted by molar-refractivity contribution is 7.11. The van der Waals surface area contributed by atoms with Gasteiger partial charge in [0.05, 0.1) is 16.7 Å². The number of nitrogens with zero attached hydrogens (tertiary/aromatic N) is 2. The molecule has 1 atom stereocenters. The van der Waals surface area contributed by atoms with Gasteiger partial charge in [-0.1, -0.05) is 0 Å². The summed E-state index contributed by atoms with van der Waals surface area (Å²) in [5.41, 5.74) is 1.61. The predicted molar refractivity (Wildman–Crippen MR) is 89.3 cm³/mol. The maximum Gasteiger partial charge on any atom is 0.322 e. The maximum atomic E-state index is 12.5. The summed E-state index contributed by atoms with van der Waals surface area (Å²) in [6, 6.07) is 5.05. The number of carbonyl (C=O) groups excluding carboxylic acids is 1. The van der Waals surface area contributed by atoms with Gasteiger partial charge >= 0.3 is 6.03 Å². The second-order valence-electron chi connectivity index (χ2n) is 5.46. The summed E-state index contributed by atoms with van der Waals surface area (Å²) >= 11 is 1.64. The lowest BCUT2D eigenvalue weighted by Gasteiger charge is -2.24. The minimum Gasteiger partial charge on any atom is -0.454 e. The predicted octanol–water partition coefficient (Wildman–Crippen LogP) is 3.71. The zero-order chi connectivity index (χ0) is 16.6. The summed E-state index contributed by atoms with van der Waals surface area (Å²) in [6.07, 6.45) is 0. The molecule has 1 N–H and O–H groups in total. The fraction of sp³-hybridized carbons (Fsp3) is 0.375. The van der Waals surface area contributed by atoms with Crippen LogP contribution in [0.4, 0.5) is 10.5 Å². The molecule has 0 saturated carbocycles. The topological polar surface area (TPSA) is 63.7 Å². The highest BCUT2D eigenvalue weighted by Gasteiger charge is 2.22. The summed E-state index contributed by atoms with van der Waals surface area (Å²) < 4.78 is 10.6. The van der Waals surface area contributed by atoms with Gasteiger partial charge in [0.2, 0.25) is 6.79 Å². The van der Waals surface area contributed by atoms with E-state index in [4.69, 9.17) is 9.47 Å². The highest BCUT2D eigenvalue weighted by Crippen LogP contribution is 2.34. The molecule has 0 bridgehead atoms. The number of nitrogens with one attached hydrogen (secondary N) is 1. The Balaban J connectivity index is 1.71. The molecule has 0 fully saturated rings. The maximum absolute atomic E-state index is 12.5. The van der Waals surface area contributed by atoms with E-state index in [1.807, 2.05) is 20.8 Å². The Kier molecular flexibility index (Phi) is 4.12. The van der Waals surface area contributed by atoms with E-state index in [2.05, 4.69) is 10.3 Å². The lowest BCUT2D eigenvalue weighted by atomic mass is 10.2. The molecule has 7 heteroatoms. The van der Waals surface area contributed by atoms with Crippen molar-refractivity contribution in [1.29, 1.82) is 0 Å². The normalized spacial score (nSPS) is 13.7. The van der Waals surface area contributed by atoms with Gasteiger partial charge in [-0.15, -0.1) is 11.3 Å². The van der Waals surface area contributed by atoms with E-state index in [-0.39, 0.29) is 18.9 Å². The quantitative estimate of drug-likeness (QED) is 0.930. The lowest BCUT2D eigenvalue weighted by Crippen LogP contribution is -2.34. The number of ether oxygens (including phenoxy) is 2. The molecule has 2 aromatic rings. The van der Waals surface area contributed by atoms with Crippen molar-refractivity contribution in [2.45, 2.75) is 26.8 Å². The van der Waals surface area contributed by atoms with Crippen LogP contribution in [0.3, 0.4) is 0 Å². The van der Waals surface area contributed by atoms with Crippen LogP contribution in [0, 0.1) is 13.8 Å². The number of thiazole rings is 1. The molecule has 0 aliphatic carbocycles. The second-order valence-corrected chi connectivity index (χ2v) is 6.87.